The molecular weight excluding hydrogens is 262 g/mol. The summed E-state index contributed by atoms with van der Waals surface area (Å²) >= 11 is 0. The van der Waals surface area contributed by atoms with E-state index < -0.39 is 0 Å². The van der Waals surface area contributed by atoms with Crippen LogP contribution in [0, 0.1) is 0 Å². The van der Waals surface area contributed by atoms with Crippen molar-refractivity contribution in [2.75, 3.05) is 11.9 Å². The van der Waals surface area contributed by atoms with Crippen LogP contribution in [0.1, 0.15) is 24.5 Å². The summed E-state index contributed by atoms with van der Waals surface area (Å²) in [5.74, 6) is 0.313. The monoisotopic (exact) mass is 285 g/mol. The Bertz CT molecular complexity index is 534. The summed E-state index contributed by atoms with van der Waals surface area (Å²) in [5, 5.41) is 21.6. The lowest BCUT2D eigenvalue weighted by Gasteiger charge is -2.15. The second kappa shape index (κ2) is 7.70. The maximum Gasteiger partial charge on any atom is 0.115 e. The number of phenols is 1. The number of aromatic hydroxyl groups is 1. The number of rotatable bonds is 7. The minimum absolute atomic E-state index is 0.190. The van der Waals surface area contributed by atoms with Crippen molar-refractivity contribution in [1.82, 2.24) is 0 Å². The fraction of sp³-hybridized carbons (Fsp3) is 0.333. The van der Waals surface area contributed by atoms with Crippen LogP contribution in [-0.2, 0) is 12.8 Å². The van der Waals surface area contributed by atoms with E-state index in [1.165, 1.54) is 5.56 Å². The van der Waals surface area contributed by atoms with Crippen molar-refractivity contribution in [3.05, 3.63) is 59.7 Å². The Hall–Kier alpha value is -2.00. The van der Waals surface area contributed by atoms with Crippen LogP contribution in [0.3, 0.4) is 0 Å². The summed E-state index contributed by atoms with van der Waals surface area (Å²) < 4.78 is 0. The van der Waals surface area contributed by atoms with Crippen molar-refractivity contribution in [2.24, 2.45) is 0 Å². The molecule has 2 aromatic rings. The third-order valence-electron chi connectivity index (χ3n) is 3.57. The normalized spacial score (nSPS) is 12.1. The van der Waals surface area contributed by atoms with Gasteiger partial charge >= 0.3 is 0 Å². The van der Waals surface area contributed by atoms with E-state index in [0.717, 1.165) is 24.1 Å². The average Bonchev–Trinajstić information content (AvgIpc) is 2.49. The van der Waals surface area contributed by atoms with Gasteiger partial charge in [-0.05, 0) is 61.6 Å². The molecule has 0 aromatic heterocycles. The molecule has 1 unspecified atom stereocenters. The van der Waals surface area contributed by atoms with E-state index in [9.17, 15) is 5.11 Å². The molecule has 0 heterocycles. The first-order valence-electron chi connectivity index (χ1n) is 7.41. The summed E-state index contributed by atoms with van der Waals surface area (Å²) in [4.78, 5) is 0. The van der Waals surface area contributed by atoms with Crippen LogP contribution in [0.4, 0.5) is 5.69 Å². The minimum atomic E-state index is 0.190. The zero-order chi connectivity index (χ0) is 15.1. The van der Waals surface area contributed by atoms with Crippen molar-refractivity contribution in [1.29, 1.82) is 0 Å². The number of anilines is 1. The summed E-state index contributed by atoms with van der Waals surface area (Å²) in [6, 6.07) is 16.0. The standard InChI is InChI=1S/C18H23NO2/c1-14(2-3-15-6-10-18(21)11-7-15)19-17-8-4-16(5-9-17)12-13-20/h4-11,14,19-21H,2-3,12-13H2,1H3. The molecule has 3 heteroatoms. The van der Waals surface area contributed by atoms with E-state index in [-0.39, 0.29) is 6.61 Å². The average molecular weight is 285 g/mol. The highest BCUT2D eigenvalue weighted by molar-refractivity contribution is 5.45. The first-order valence-corrected chi connectivity index (χ1v) is 7.41. The van der Waals surface area contributed by atoms with Crippen LogP contribution >= 0.6 is 0 Å². The molecule has 2 rings (SSSR count). The van der Waals surface area contributed by atoms with E-state index >= 15 is 0 Å². The van der Waals surface area contributed by atoms with Crippen molar-refractivity contribution < 1.29 is 10.2 Å². The zero-order valence-electron chi connectivity index (χ0n) is 12.4. The zero-order valence-corrected chi connectivity index (χ0v) is 12.4. The van der Waals surface area contributed by atoms with Gasteiger partial charge in [0.1, 0.15) is 5.75 Å². The molecule has 3 N–H and O–H groups in total. The van der Waals surface area contributed by atoms with Crippen molar-refractivity contribution >= 4 is 5.69 Å². The lowest BCUT2D eigenvalue weighted by Crippen LogP contribution is -2.15. The van der Waals surface area contributed by atoms with Gasteiger partial charge in [-0.1, -0.05) is 24.3 Å². The number of aliphatic hydroxyl groups excluding tert-OH is 1. The topological polar surface area (TPSA) is 52.5 Å². The number of aliphatic hydroxyl groups is 1. The van der Waals surface area contributed by atoms with E-state index in [2.05, 4.69) is 24.4 Å². The van der Waals surface area contributed by atoms with Crippen LogP contribution in [0.15, 0.2) is 48.5 Å². The third-order valence-corrected chi connectivity index (χ3v) is 3.57. The Morgan fingerprint density at radius 1 is 0.905 bits per heavy atom. The smallest absolute Gasteiger partial charge is 0.115 e. The third kappa shape index (κ3) is 5.12. The molecule has 0 saturated heterocycles. The van der Waals surface area contributed by atoms with Crippen molar-refractivity contribution in [3.8, 4) is 5.75 Å². The Kier molecular flexibility index (Phi) is 5.64. The van der Waals surface area contributed by atoms with Crippen LogP contribution in [0.5, 0.6) is 5.75 Å². The molecule has 0 radical (unpaired) electrons. The molecule has 0 bridgehead atoms. The molecule has 3 nitrogen and oxygen atoms in total. The van der Waals surface area contributed by atoms with Gasteiger partial charge in [0.2, 0.25) is 0 Å². The molecule has 21 heavy (non-hydrogen) atoms. The lowest BCUT2D eigenvalue weighted by atomic mass is 10.1. The van der Waals surface area contributed by atoms with E-state index in [0.29, 0.717) is 18.2 Å². The van der Waals surface area contributed by atoms with Gasteiger partial charge < -0.3 is 15.5 Å². The van der Waals surface area contributed by atoms with E-state index in [1.807, 2.05) is 24.3 Å². The molecule has 0 aliphatic heterocycles. The van der Waals surface area contributed by atoms with Gasteiger partial charge in [-0.15, -0.1) is 0 Å². The largest absolute Gasteiger partial charge is 0.508 e. The fourth-order valence-electron chi connectivity index (χ4n) is 2.30. The Morgan fingerprint density at radius 2 is 1.48 bits per heavy atom. The predicted octanol–water partition coefficient (Wildman–Crippen LogP) is 3.36. The second-order valence-corrected chi connectivity index (χ2v) is 5.42. The van der Waals surface area contributed by atoms with Gasteiger partial charge in [-0.3, -0.25) is 0 Å². The molecule has 2 aromatic carbocycles. The number of aryl methyl sites for hydroxylation is 1. The van der Waals surface area contributed by atoms with E-state index in [1.54, 1.807) is 12.1 Å². The van der Waals surface area contributed by atoms with Gasteiger partial charge in [-0.25, -0.2) is 0 Å². The fourth-order valence-corrected chi connectivity index (χ4v) is 2.30. The highest BCUT2D eigenvalue weighted by Gasteiger charge is 2.03. The Balaban J connectivity index is 1.80. The van der Waals surface area contributed by atoms with Gasteiger partial charge in [0, 0.05) is 18.3 Å². The van der Waals surface area contributed by atoms with E-state index in [4.69, 9.17) is 5.11 Å². The molecule has 112 valence electrons. The predicted molar refractivity (Wildman–Crippen MR) is 86.7 cm³/mol. The summed E-state index contributed by atoms with van der Waals surface area (Å²) in [5.41, 5.74) is 3.49. The summed E-state index contributed by atoms with van der Waals surface area (Å²) in [6.45, 7) is 2.36. The van der Waals surface area contributed by atoms with Crippen LogP contribution < -0.4 is 5.32 Å². The molecule has 0 aliphatic rings. The molecule has 0 amide bonds. The van der Waals surface area contributed by atoms with Crippen LogP contribution in [-0.4, -0.2) is 22.9 Å². The summed E-state index contributed by atoms with van der Waals surface area (Å²) in [6.07, 6.45) is 2.72. The number of benzene rings is 2. The van der Waals surface area contributed by atoms with Crippen LogP contribution in [0.2, 0.25) is 0 Å². The molecule has 0 spiro atoms. The molecule has 1 atom stereocenters. The SMILES string of the molecule is CC(CCc1ccc(O)cc1)Nc1ccc(CCO)cc1. The van der Waals surface area contributed by atoms with Gasteiger partial charge in [0.25, 0.3) is 0 Å². The Labute approximate surface area is 126 Å². The lowest BCUT2D eigenvalue weighted by molar-refractivity contribution is 0.299. The number of phenolic OH excluding ortho intramolecular Hbond substituents is 1. The van der Waals surface area contributed by atoms with Gasteiger partial charge in [-0.2, -0.15) is 0 Å². The van der Waals surface area contributed by atoms with Crippen molar-refractivity contribution in [3.63, 3.8) is 0 Å². The molecule has 0 fully saturated rings. The number of hydrogen-bond donors (Lipinski definition) is 3. The first kappa shape index (κ1) is 15.4. The highest BCUT2D eigenvalue weighted by Crippen LogP contribution is 2.15. The first-order chi connectivity index (χ1) is 10.2. The van der Waals surface area contributed by atoms with Crippen LogP contribution in [0.25, 0.3) is 0 Å². The number of hydrogen-bond acceptors (Lipinski definition) is 3. The maximum absolute atomic E-state index is 9.26. The molecule has 0 saturated carbocycles. The maximum atomic E-state index is 9.26. The van der Waals surface area contributed by atoms with Crippen molar-refractivity contribution in [2.45, 2.75) is 32.2 Å². The quantitative estimate of drug-likeness (QED) is 0.731. The summed E-state index contributed by atoms with van der Waals surface area (Å²) in [7, 11) is 0. The van der Waals surface area contributed by atoms with Gasteiger partial charge in [0.15, 0.2) is 0 Å². The number of nitrogens with one attached hydrogen (secondary N) is 1. The Morgan fingerprint density at radius 3 is 2.10 bits per heavy atom. The van der Waals surface area contributed by atoms with Gasteiger partial charge in [0.05, 0.1) is 0 Å². The molecular formula is C18H23NO2. The highest BCUT2D eigenvalue weighted by atomic mass is 16.3. The second-order valence-electron chi connectivity index (χ2n) is 5.42. The molecule has 0 aliphatic carbocycles. The minimum Gasteiger partial charge on any atom is -0.508 e.